The Morgan fingerprint density at radius 2 is 1.58 bits per heavy atom. The van der Waals surface area contributed by atoms with Gasteiger partial charge in [0.2, 0.25) is 10.9 Å². The van der Waals surface area contributed by atoms with Crippen LogP contribution in [0.3, 0.4) is 0 Å². The van der Waals surface area contributed by atoms with E-state index in [2.05, 4.69) is 44.7 Å². The molecule has 160 valence electrons. The molecule has 1 N–H and O–H groups in total. The molecule has 7 nitrogen and oxygen atoms in total. The van der Waals surface area contributed by atoms with E-state index in [-0.39, 0.29) is 11.8 Å². The molecule has 4 rings (SSSR count). The molecule has 31 heavy (non-hydrogen) atoms. The van der Waals surface area contributed by atoms with Crippen molar-refractivity contribution in [2.24, 2.45) is 0 Å². The average molecular weight is 436 g/mol. The lowest BCUT2D eigenvalue weighted by Crippen LogP contribution is -2.48. The smallest absolute Gasteiger partial charge is 0.286 e. The van der Waals surface area contributed by atoms with Gasteiger partial charge in [-0.15, -0.1) is 10.2 Å². The van der Waals surface area contributed by atoms with Crippen LogP contribution in [0.2, 0.25) is 0 Å². The predicted molar refractivity (Wildman–Crippen MR) is 121 cm³/mol. The summed E-state index contributed by atoms with van der Waals surface area (Å²) in [5.74, 6) is -0.152. The normalized spacial score (nSPS) is 14.4. The molecule has 1 aromatic heterocycles. The van der Waals surface area contributed by atoms with Crippen LogP contribution >= 0.6 is 11.3 Å². The maximum atomic E-state index is 12.6. The highest BCUT2D eigenvalue weighted by Gasteiger charge is 2.21. The molecule has 0 bridgehead atoms. The third kappa shape index (κ3) is 5.96. The fraction of sp³-hybridized carbons (Fsp3) is 0.304. The molecule has 2 aromatic carbocycles. The number of hydrogen-bond donors (Lipinski definition) is 1. The molecular weight excluding hydrogens is 410 g/mol. The van der Waals surface area contributed by atoms with Crippen LogP contribution in [0, 0.1) is 0 Å². The van der Waals surface area contributed by atoms with E-state index in [0.717, 1.165) is 32.7 Å². The van der Waals surface area contributed by atoms with Crippen LogP contribution in [0.5, 0.6) is 0 Å². The third-order valence-electron chi connectivity index (χ3n) is 5.22. The molecule has 1 aliphatic heterocycles. The van der Waals surface area contributed by atoms with E-state index in [1.165, 1.54) is 16.9 Å². The van der Waals surface area contributed by atoms with Gasteiger partial charge in [-0.1, -0.05) is 59.9 Å². The van der Waals surface area contributed by atoms with Crippen molar-refractivity contribution >= 4 is 28.8 Å². The summed E-state index contributed by atoms with van der Waals surface area (Å²) in [7, 11) is 0. The predicted octanol–water partition coefficient (Wildman–Crippen LogP) is 3.07. The van der Waals surface area contributed by atoms with Crippen LogP contribution < -0.4 is 5.32 Å². The summed E-state index contributed by atoms with van der Waals surface area (Å²) in [5.41, 5.74) is 2.01. The summed E-state index contributed by atoms with van der Waals surface area (Å²) in [6, 6.07) is 19.6. The minimum Gasteiger partial charge on any atom is -0.340 e. The molecule has 0 spiro atoms. The van der Waals surface area contributed by atoms with Gasteiger partial charge >= 0.3 is 0 Å². The van der Waals surface area contributed by atoms with Gasteiger partial charge in [-0.2, -0.15) is 0 Å². The van der Waals surface area contributed by atoms with Crippen molar-refractivity contribution in [3.8, 4) is 0 Å². The summed E-state index contributed by atoms with van der Waals surface area (Å²) in [6.07, 6.45) is 0.882. The van der Waals surface area contributed by atoms with E-state index in [1.54, 1.807) is 0 Å². The van der Waals surface area contributed by atoms with Crippen molar-refractivity contribution in [2.45, 2.75) is 19.4 Å². The van der Waals surface area contributed by atoms with Crippen LogP contribution in [0.15, 0.2) is 60.7 Å². The van der Waals surface area contributed by atoms with Gasteiger partial charge in [0.05, 0.1) is 0 Å². The highest BCUT2D eigenvalue weighted by atomic mass is 32.1. The lowest BCUT2D eigenvalue weighted by Gasteiger charge is -2.34. The molecule has 3 aromatic rings. The molecule has 0 radical (unpaired) electrons. The molecule has 2 heterocycles. The molecule has 1 aliphatic rings. The SMILES string of the molecule is O=C(Nc1ccccc1)c1nnc(CCC(=O)N2CCN(Cc3ccccc3)CC2)s1. The average Bonchev–Trinajstić information content (AvgIpc) is 3.29. The van der Waals surface area contributed by atoms with Crippen molar-refractivity contribution in [2.75, 3.05) is 31.5 Å². The molecule has 1 fully saturated rings. The minimum atomic E-state index is -0.282. The molecule has 0 unspecified atom stereocenters. The van der Waals surface area contributed by atoms with Crippen LogP contribution in [0.25, 0.3) is 0 Å². The van der Waals surface area contributed by atoms with Crippen molar-refractivity contribution in [1.82, 2.24) is 20.0 Å². The van der Waals surface area contributed by atoms with Gasteiger partial charge in [0, 0.05) is 51.3 Å². The van der Waals surface area contributed by atoms with E-state index in [4.69, 9.17) is 0 Å². The highest BCUT2D eigenvalue weighted by molar-refractivity contribution is 7.13. The Hall–Kier alpha value is -3.10. The number of hydrogen-bond acceptors (Lipinski definition) is 6. The number of carbonyl (C=O) groups is 2. The Kier molecular flexibility index (Phi) is 7.01. The number of benzene rings is 2. The molecule has 0 saturated carbocycles. The maximum absolute atomic E-state index is 12.6. The zero-order valence-corrected chi connectivity index (χ0v) is 18.1. The van der Waals surface area contributed by atoms with E-state index in [9.17, 15) is 9.59 Å². The van der Waals surface area contributed by atoms with Crippen LogP contribution in [0.4, 0.5) is 5.69 Å². The Balaban J connectivity index is 1.21. The lowest BCUT2D eigenvalue weighted by molar-refractivity contribution is -0.133. The Morgan fingerprint density at radius 3 is 2.29 bits per heavy atom. The topological polar surface area (TPSA) is 78.4 Å². The molecule has 8 heteroatoms. The van der Waals surface area contributed by atoms with Gasteiger partial charge in [0.25, 0.3) is 5.91 Å². The number of amides is 2. The Labute approximate surface area is 185 Å². The summed E-state index contributed by atoms with van der Waals surface area (Å²) < 4.78 is 0. The largest absolute Gasteiger partial charge is 0.340 e. The van der Waals surface area contributed by atoms with Gasteiger partial charge in [0.1, 0.15) is 5.01 Å². The van der Waals surface area contributed by atoms with E-state index < -0.39 is 0 Å². The van der Waals surface area contributed by atoms with Crippen molar-refractivity contribution in [3.63, 3.8) is 0 Å². The molecular formula is C23H25N5O2S. The van der Waals surface area contributed by atoms with Crippen molar-refractivity contribution < 1.29 is 9.59 Å². The number of carbonyl (C=O) groups excluding carboxylic acids is 2. The summed E-state index contributed by atoms with van der Waals surface area (Å²) >= 11 is 1.24. The first-order valence-corrected chi connectivity index (χ1v) is 11.2. The second kappa shape index (κ2) is 10.3. The van der Waals surface area contributed by atoms with E-state index in [1.807, 2.05) is 41.3 Å². The number of nitrogens with zero attached hydrogens (tertiary/aromatic N) is 4. The first kappa shape index (κ1) is 21.1. The number of piperazine rings is 1. The standard InChI is InChI=1S/C23H25N5O2S/c29-21(28-15-13-27(14-16-28)17-18-7-3-1-4-8-18)12-11-20-25-26-23(31-20)22(30)24-19-9-5-2-6-10-19/h1-10H,11-17H2,(H,24,30). The number of rotatable bonds is 7. The number of anilines is 1. The van der Waals surface area contributed by atoms with Gasteiger partial charge in [-0.3, -0.25) is 14.5 Å². The van der Waals surface area contributed by atoms with Crippen LogP contribution in [-0.2, 0) is 17.8 Å². The second-order valence-corrected chi connectivity index (χ2v) is 8.53. The van der Waals surface area contributed by atoms with Crippen LogP contribution in [-0.4, -0.2) is 58.0 Å². The van der Waals surface area contributed by atoms with E-state index in [0.29, 0.717) is 28.5 Å². The molecule has 1 saturated heterocycles. The maximum Gasteiger partial charge on any atom is 0.286 e. The van der Waals surface area contributed by atoms with Gasteiger partial charge < -0.3 is 10.2 Å². The van der Waals surface area contributed by atoms with E-state index >= 15 is 0 Å². The lowest BCUT2D eigenvalue weighted by atomic mass is 10.2. The molecule has 0 atom stereocenters. The monoisotopic (exact) mass is 435 g/mol. The first-order chi connectivity index (χ1) is 15.2. The zero-order chi connectivity index (χ0) is 21.5. The third-order valence-corrected chi connectivity index (χ3v) is 6.20. The van der Waals surface area contributed by atoms with Crippen LogP contribution in [0.1, 0.15) is 26.8 Å². The van der Waals surface area contributed by atoms with Gasteiger partial charge in [-0.25, -0.2) is 0 Å². The first-order valence-electron chi connectivity index (χ1n) is 10.4. The van der Waals surface area contributed by atoms with Gasteiger partial charge in [0.15, 0.2) is 0 Å². The summed E-state index contributed by atoms with van der Waals surface area (Å²) in [4.78, 5) is 29.2. The van der Waals surface area contributed by atoms with Crippen molar-refractivity contribution in [3.05, 3.63) is 76.2 Å². The minimum absolute atomic E-state index is 0.129. The second-order valence-electron chi connectivity index (χ2n) is 7.46. The fourth-order valence-corrected chi connectivity index (χ4v) is 4.26. The number of nitrogens with one attached hydrogen (secondary N) is 1. The van der Waals surface area contributed by atoms with Crippen molar-refractivity contribution in [1.29, 1.82) is 0 Å². The zero-order valence-electron chi connectivity index (χ0n) is 17.2. The summed E-state index contributed by atoms with van der Waals surface area (Å²) in [6.45, 7) is 4.16. The number of para-hydroxylation sites is 1. The Morgan fingerprint density at radius 1 is 0.903 bits per heavy atom. The highest BCUT2D eigenvalue weighted by Crippen LogP contribution is 2.16. The fourth-order valence-electron chi connectivity index (χ4n) is 3.52. The quantitative estimate of drug-likeness (QED) is 0.617. The molecule has 0 aliphatic carbocycles. The number of aromatic nitrogens is 2. The Bertz CT molecular complexity index is 1000. The summed E-state index contributed by atoms with van der Waals surface area (Å²) in [5, 5.41) is 11.9. The van der Waals surface area contributed by atoms with Gasteiger partial charge in [-0.05, 0) is 17.7 Å². The number of aryl methyl sites for hydroxylation is 1. The molecule has 2 amide bonds.